The van der Waals surface area contributed by atoms with Gasteiger partial charge in [-0.25, -0.2) is 0 Å². The van der Waals surface area contributed by atoms with E-state index in [4.69, 9.17) is 5.73 Å². The third-order valence-electron chi connectivity index (χ3n) is 3.91. The number of rotatable bonds is 3. The first-order chi connectivity index (χ1) is 9.74. The summed E-state index contributed by atoms with van der Waals surface area (Å²) in [6, 6.07) is 2.77. The van der Waals surface area contributed by atoms with E-state index < -0.39 is 0 Å². The van der Waals surface area contributed by atoms with Crippen LogP contribution in [0.2, 0.25) is 0 Å². The molecule has 1 atom stereocenters. The van der Waals surface area contributed by atoms with Crippen molar-refractivity contribution in [3.8, 4) is 11.8 Å². The van der Waals surface area contributed by atoms with E-state index in [2.05, 4.69) is 47.1 Å². The number of hydrogen-bond acceptors (Lipinski definition) is 4. The minimum Gasteiger partial charge on any atom is -0.320 e. The Bertz CT molecular complexity index is 472. The first-order valence-electron chi connectivity index (χ1n) is 7.42. The van der Waals surface area contributed by atoms with Gasteiger partial charge in [0.1, 0.15) is 0 Å². The largest absolute Gasteiger partial charge is 0.320 e. The van der Waals surface area contributed by atoms with Gasteiger partial charge in [-0.2, -0.15) is 0 Å². The molecule has 0 saturated carbocycles. The maximum atomic E-state index is 5.47. The van der Waals surface area contributed by atoms with E-state index >= 15 is 0 Å². The van der Waals surface area contributed by atoms with E-state index in [1.54, 1.807) is 0 Å². The zero-order chi connectivity index (χ0) is 14.4. The summed E-state index contributed by atoms with van der Waals surface area (Å²) in [5, 5.41) is 2.14. The van der Waals surface area contributed by atoms with Crippen LogP contribution < -0.4 is 5.73 Å². The Kier molecular flexibility index (Phi) is 6.06. The van der Waals surface area contributed by atoms with E-state index in [0.717, 1.165) is 12.1 Å². The highest BCUT2D eigenvalue weighted by Crippen LogP contribution is 2.22. The molecular weight excluding hydrogens is 266 g/mol. The van der Waals surface area contributed by atoms with Gasteiger partial charge < -0.3 is 10.6 Å². The molecule has 1 unspecified atom stereocenters. The van der Waals surface area contributed by atoms with Crippen molar-refractivity contribution in [1.82, 2.24) is 9.80 Å². The highest BCUT2D eigenvalue weighted by atomic mass is 32.1. The molecule has 0 spiro atoms. The zero-order valence-electron chi connectivity index (χ0n) is 12.6. The van der Waals surface area contributed by atoms with Gasteiger partial charge in [0.05, 0.1) is 6.54 Å². The second kappa shape index (κ2) is 7.80. The van der Waals surface area contributed by atoms with Crippen LogP contribution in [0.25, 0.3) is 0 Å². The summed E-state index contributed by atoms with van der Waals surface area (Å²) in [7, 11) is 2.23. The van der Waals surface area contributed by atoms with Gasteiger partial charge in [0.15, 0.2) is 0 Å². The van der Waals surface area contributed by atoms with E-state index in [1.165, 1.54) is 37.4 Å². The van der Waals surface area contributed by atoms with E-state index in [9.17, 15) is 0 Å². The minimum atomic E-state index is 0.432. The van der Waals surface area contributed by atoms with Crippen molar-refractivity contribution < 1.29 is 0 Å². The number of nitrogens with two attached hydrogens (primary N) is 1. The molecule has 0 amide bonds. The molecular formula is C16H25N3S. The van der Waals surface area contributed by atoms with E-state index in [0.29, 0.717) is 12.6 Å². The quantitative estimate of drug-likeness (QED) is 0.864. The molecule has 2 rings (SSSR count). The summed E-state index contributed by atoms with van der Waals surface area (Å²) >= 11 is 1.82. The number of nitrogens with zero attached hydrogens (tertiary/aromatic N) is 2. The van der Waals surface area contributed by atoms with Crippen molar-refractivity contribution >= 4 is 11.3 Å². The Morgan fingerprint density at radius 1 is 1.45 bits per heavy atom. The molecule has 0 bridgehead atoms. The topological polar surface area (TPSA) is 32.5 Å². The molecule has 1 aromatic rings. The molecule has 0 aliphatic carbocycles. The lowest BCUT2D eigenvalue weighted by molar-refractivity contribution is 0.177. The molecule has 1 saturated heterocycles. The van der Waals surface area contributed by atoms with Crippen LogP contribution >= 0.6 is 11.3 Å². The van der Waals surface area contributed by atoms with Crippen molar-refractivity contribution in [2.75, 3.05) is 33.2 Å². The molecule has 0 aromatic carbocycles. The van der Waals surface area contributed by atoms with Gasteiger partial charge in [-0.05, 0) is 37.9 Å². The lowest BCUT2D eigenvalue weighted by Gasteiger charge is -2.29. The lowest BCUT2D eigenvalue weighted by Crippen LogP contribution is -2.39. The van der Waals surface area contributed by atoms with Gasteiger partial charge in [0, 0.05) is 36.1 Å². The van der Waals surface area contributed by atoms with Crippen LogP contribution in [0.5, 0.6) is 0 Å². The Hall–Kier alpha value is -0.860. The first-order valence-corrected chi connectivity index (χ1v) is 8.30. The summed E-state index contributed by atoms with van der Waals surface area (Å²) in [5.74, 6) is 6.17. The zero-order valence-corrected chi connectivity index (χ0v) is 13.4. The Morgan fingerprint density at radius 2 is 2.30 bits per heavy atom. The molecule has 3 nitrogen and oxygen atoms in total. The monoisotopic (exact) mass is 291 g/mol. The summed E-state index contributed by atoms with van der Waals surface area (Å²) < 4.78 is 0. The minimum absolute atomic E-state index is 0.432. The molecule has 1 aliphatic heterocycles. The fraction of sp³-hybridized carbons (Fsp3) is 0.625. The van der Waals surface area contributed by atoms with Gasteiger partial charge in [0.2, 0.25) is 0 Å². The van der Waals surface area contributed by atoms with Crippen molar-refractivity contribution in [2.45, 2.75) is 32.4 Å². The van der Waals surface area contributed by atoms with Gasteiger partial charge in [-0.3, -0.25) is 4.90 Å². The summed E-state index contributed by atoms with van der Waals surface area (Å²) in [6.07, 6.45) is 2.46. The summed E-state index contributed by atoms with van der Waals surface area (Å²) in [5.41, 5.74) is 6.63. The maximum Gasteiger partial charge on any atom is 0.0555 e. The SMILES string of the molecule is CCC1CN(C)CCCN1Cc1sccc1C#CCN. The molecule has 20 heavy (non-hydrogen) atoms. The molecule has 1 fully saturated rings. The molecule has 1 aliphatic rings. The first kappa shape index (κ1) is 15.5. The van der Waals surface area contributed by atoms with Crippen molar-refractivity contribution in [1.29, 1.82) is 0 Å². The summed E-state index contributed by atoms with van der Waals surface area (Å²) in [4.78, 5) is 6.47. The molecule has 4 heteroatoms. The predicted octanol–water partition coefficient (Wildman–Crippen LogP) is 1.97. The van der Waals surface area contributed by atoms with Crippen LogP contribution in [-0.2, 0) is 6.54 Å². The third-order valence-corrected chi connectivity index (χ3v) is 4.82. The van der Waals surface area contributed by atoms with Crippen LogP contribution in [0.15, 0.2) is 11.4 Å². The molecule has 1 aromatic heterocycles. The molecule has 2 N–H and O–H groups in total. The number of likely N-dealkylation sites (N-methyl/N-ethyl adjacent to an activating group) is 1. The van der Waals surface area contributed by atoms with Gasteiger partial charge in [-0.15, -0.1) is 11.3 Å². The molecule has 0 radical (unpaired) electrons. The van der Waals surface area contributed by atoms with E-state index in [1.807, 2.05) is 11.3 Å². The summed E-state index contributed by atoms with van der Waals surface area (Å²) in [6.45, 7) is 7.31. The Morgan fingerprint density at radius 3 is 3.05 bits per heavy atom. The smallest absolute Gasteiger partial charge is 0.0555 e. The van der Waals surface area contributed by atoms with E-state index in [-0.39, 0.29) is 0 Å². The normalized spacial score (nSPS) is 21.2. The van der Waals surface area contributed by atoms with Gasteiger partial charge in [-0.1, -0.05) is 18.8 Å². The number of hydrogen-bond donors (Lipinski definition) is 1. The van der Waals surface area contributed by atoms with Crippen LogP contribution in [0.3, 0.4) is 0 Å². The lowest BCUT2D eigenvalue weighted by atomic mass is 10.1. The number of thiophene rings is 1. The maximum absolute atomic E-state index is 5.47. The van der Waals surface area contributed by atoms with Crippen LogP contribution in [-0.4, -0.2) is 49.1 Å². The average Bonchev–Trinajstić information content (AvgIpc) is 2.80. The van der Waals surface area contributed by atoms with Crippen molar-refractivity contribution in [3.63, 3.8) is 0 Å². The average molecular weight is 291 g/mol. The predicted molar refractivity (Wildman–Crippen MR) is 86.9 cm³/mol. The highest BCUT2D eigenvalue weighted by Gasteiger charge is 2.22. The Labute approximate surface area is 126 Å². The van der Waals surface area contributed by atoms with Gasteiger partial charge in [0.25, 0.3) is 0 Å². The highest BCUT2D eigenvalue weighted by molar-refractivity contribution is 7.10. The third kappa shape index (κ3) is 4.07. The van der Waals surface area contributed by atoms with Crippen LogP contribution in [0, 0.1) is 11.8 Å². The van der Waals surface area contributed by atoms with Crippen molar-refractivity contribution in [3.05, 3.63) is 21.9 Å². The second-order valence-electron chi connectivity index (χ2n) is 5.41. The molecule has 110 valence electrons. The van der Waals surface area contributed by atoms with Crippen molar-refractivity contribution in [2.24, 2.45) is 5.73 Å². The van der Waals surface area contributed by atoms with Crippen LogP contribution in [0.4, 0.5) is 0 Å². The van der Waals surface area contributed by atoms with Crippen LogP contribution in [0.1, 0.15) is 30.2 Å². The fourth-order valence-corrected chi connectivity index (χ4v) is 3.65. The molecule has 2 heterocycles. The fourth-order valence-electron chi connectivity index (χ4n) is 2.79. The second-order valence-corrected chi connectivity index (χ2v) is 6.41. The Balaban J connectivity index is 2.09. The standard InChI is InChI=1S/C16H25N3S/c1-3-15-12-18(2)9-5-10-19(15)13-16-14(6-4-8-17)7-11-20-16/h7,11,15H,3,5,8-10,12-13,17H2,1-2H3. The van der Waals surface area contributed by atoms with Gasteiger partial charge >= 0.3 is 0 Å².